The molecule has 8 nitrogen and oxygen atoms in total. The average Bonchev–Trinajstić information content (AvgIpc) is 3.18. The molecule has 4 aromatic rings. The van der Waals surface area contributed by atoms with Gasteiger partial charge in [-0.15, -0.1) is 0 Å². The summed E-state index contributed by atoms with van der Waals surface area (Å²) in [6.07, 6.45) is 0.543. The summed E-state index contributed by atoms with van der Waals surface area (Å²) in [5.74, 6) is -1.95. The van der Waals surface area contributed by atoms with Gasteiger partial charge in [-0.1, -0.05) is 11.8 Å². The number of fused-ring (bicyclic) bond motifs is 2. The van der Waals surface area contributed by atoms with Gasteiger partial charge in [0.15, 0.2) is 22.4 Å². The van der Waals surface area contributed by atoms with Crippen molar-refractivity contribution in [3.8, 4) is 0 Å². The van der Waals surface area contributed by atoms with Gasteiger partial charge >= 0.3 is 5.76 Å². The van der Waals surface area contributed by atoms with E-state index in [1.54, 1.807) is 0 Å². The smallest absolute Gasteiger partial charge is 0.408 e. The third-order valence-corrected chi connectivity index (χ3v) is 5.09. The monoisotopic (exact) mass is 406 g/mol. The molecule has 0 spiro atoms. The largest absolute Gasteiger partial charge is 0.419 e. The van der Waals surface area contributed by atoms with Crippen LogP contribution in [0.1, 0.15) is 6.42 Å². The second kappa shape index (κ2) is 7.08. The molecule has 4 rings (SSSR count). The Hall–Kier alpha value is -3.21. The molecule has 0 bridgehead atoms. The molecule has 0 aliphatic heterocycles. The number of H-pyrrole nitrogens is 1. The summed E-state index contributed by atoms with van der Waals surface area (Å²) in [4.78, 5) is 29.5. The zero-order valence-corrected chi connectivity index (χ0v) is 15.0. The minimum absolute atomic E-state index is 0.127. The number of oxazole rings is 1. The number of aromatic nitrogens is 3. The van der Waals surface area contributed by atoms with Crippen LogP contribution >= 0.6 is 11.8 Å². The molecule has 144 valence electrons. The summed E-state index contributed by atoms with van der Waals surface area (Å²) < 4.78 is 32.9. The van der Waals surface area contributed by atoms with Gasteiger partial charge in [-0.25, -0.2) is 18.6 Å². The molecule has 0 aliphatic rings. The molecule has 0 saturated heterocycles. The molecule has 0 saturated carbocycles. The lowest BCUT2D eigenvalue weighted by Gasteiger charge is -2.01. The van der Waals surface area contributed by atoms with Gasteiger partial charge in [0.05, 0.1) is 21.5 Å². The number of aromatic amines is 1. The first-order chi connectivity index (χ1) is 13.4. The summed E-state index contributed by atoms with van der Waals surface area (Å²) in [5, 5.41) is 11.4. The topological polar surface area (TPSA) is 107 Å². The van der Waals surface area contributed by atoms with Gasteiger partial charge < -0.3 is 9.40 Å². The summed E-state index contributed by atoms with van der Waals surface area (Å²) in [5.41, 5.74) is 1.23. The Morgan fingerprint density at radius 3 is 2.82 bits per heavy atom. The van der Waals surface area contributed by atoms with Gasteiger partial charge in [0.1, 0.15) is 0 Å². The Bertz CT molecular complexity index is 1220. The number of nitrogens with zero attached hydrogens (tertiary/aromatic N) is 3. The van der Waals surface area contributed by atoms with E-state index in [2.05, 4.69) is 9.97 Å². The van der Waals surface area contributed by atoms with Crippen LogP contribution in [0.4, 0.5) is 14.5 Å². The normalized spacial score (nSPS) is 11.5. The van der Waals surface area contributed by atoms with Crippen LogP contribution in [0.2, 0.25) is 0 Å². The lowest BCUT2D eigenvalue weighted by atomic mass is 10.3. The number of imidazole rings is 1. The number of hydrogen-bond donors (Lipinski definition) is 1. The van der Waals surface area contributed by atoms with Crippen molar-refractivity contribution in [3.05, 3.63) is 62.6 Å². The summed E-state index contributed by atoms with van der Waals surface area (Å²) in [6.45, 7) is 0.295. The van der Waals surface area contributed by atoms with Crippen molar-refractivity contribution in [2.24, 2.45) is 0 Å². The molecular weight excluding hydrogens is 394 g/mol. The first-order valence-corrected chi connectivity index (χ1v) is 9.16. The number of thioether (sulfide) groups is 1. The predicted molar refractivity (Wildman–Crippen MR) is 98.5 cm³/mol. The van der Waals surface area contributed by atoms with E-state index < -0.39 is 22.3 Å². The van der Waals surface area contributed by atoms with E-state index in [0.717, 1.165) is 12.1 Å². The van der Waals surface area contributed by atoms with Crippen molar-refractivity contribution in [1.29, 1.82) is 0 Å². The Kier molecular flexibility index (Phi) is 4.59. The first-order valence-electron chi connectivity index (χ1n) is 8.18. The number of nitro groups is 1. The van der Waals surface area contributed by atoms with E-state index in [1.165, 1.54) is 34.5 Å². The van der Waals surface area contributed by atoms with E-state index in [9.17, 15) is 23.7 Å². The highest BCUT2D eigenvalue weighted by Crippen LogP contribution is 2.23. The summed E-state index contributed by atoms with van der Waals surface area (Å²) in [7, 11) is 0. The van der Waals surface area contributed by atoms with Gasteiger partial charge in [-0.3, -0.25) is 14.7 Å². The minimum atomic E-state index is -0.962. The van der Waals surface area contributed by atoms with Crippen LogP contribution in [0, 0.1) is 21.7 Å². The third kappa shape index (κ3) is 3.36. The Balaban J connectivity index is 1.45. The van der Waals surface area contributed by atoms with Crippen LogP contribution in [0.15, 0.2) is 44.7 Å². The fourth-order valence-corrected chi connectivity index (χ4v) is 3.63. The van der Waals surface area contributed by atoms with Gasteiger partial charge in [0.2, 0.25) is 0 Å². The van der Waals surface area contributed by atoms with Gasteiger partial charge in [0.25, 0.3) is 5.69 Å². The summed E-state index contributed by atoms with van der Waals surface area (Å²) in [6, 6.07) is 6.04. The van der Waals surface area contributed by atoms with Gasteiger partial charge in [0, 0.05) is 36.6 Å². The van der Waals surface area contributed by atoms with Gasteiger partial charge in [-0.2, -0.15) is 0 Å². The van der Waals surface area contributed by atoms with Crippen molar-refractivity contribution < 1.29 is 18.1 Å². The van der Waals surface area contributed by atoms with Crippen molar-refractivity contribution in [1.82, 2.24) is 14.5 Å². The molecule has 0 atom stereocenters. The standard InChI is InChI=1S/C17H12F2N4O4S/c18-10-7-12-13(8-11(10)19)21-16(20-12)28-5-1-4-22-14-6-9(23(25)26)2-3-15(14)27-17(22)24/h2-3,6-8H,1,4-5H2,(H,20,21). The molecule has 2 aromatic carbocycles. The van der Waals surface area contributed by atoms with Crippen LogP contribution in [0.25, 0.3) is 22.1 Å². The van der Waals surface area contributed by atoms with Gasteiger partial charge in [-0.05, 0) is 12.5 Å². The Morgan fingerprint density at radius 2 is 2.04 bits per heavy atom. The highest BCUT2D eigenvalue weighted by atomic mass is 32.2. The quantitative estimate of drug-likeness (QED) is 0.226. The van der Waals surface area contributed by atoms with E-state index in [0.29, 0.717) is 40.4 Å². The van der Waals surface area contributed by atoms with E-state index in [4.69, 9.17) is 4.42 Å². The molecule has 0 aliphatic carbocycles. The van der Waals surface area contributed by atoms with E-state index in [-0.39, 0.29) is 11.3 Å². The molecule has 28 heavy (non-hydrogen) atoms. The minimum Gasteiger partial charge on any atom is -0.408 e. The Labute approximate surface area is 159 Å². The first kappa shape index (κ1) is 18.2. The van der Waals surface area contributed by atoms with E-state index in [1.807, 2.05) is 0 Å². The maximum Gasteiger partial charge on any atom is 0.419 e. The van der Waals surface area contributed by atoms with Crippen LogP contribution < -0.4 is 5.76 Å². The average molecular weight is 406 g/mol. The highest BCUT2D eigenvalue weighted by molar-refractivity contribution is 7.99. The molecule has 0 amide bonds. The summed E-state index contributed by atoms with van der Waals surface area (Å²) >= 11 is 1.33. The maximum atomic E-state index is 13.3. The third-order valence-electron chi connectivity index (χ3n) is 4.13. The highest BCUT2D eigenvalue weighted by Gasteiger charge is 2.14. The number of nitrogens with one attached hydrogen (secondary N) is 1. The predicted octanol–water partition coefficient (Wildman–Crippen LogP) is 3.84. The lowest BCUT2D eigenvalue weighted by Crippen LogP contribution is -2.14. The fraction of sp³-hybridized carbons (Fsp3) is 0.176. The molecular formula is C17H12F2N4O4S. The van der Waals surface area contributed by atoms with Crippen LogP contribution in [-0.2, 0) is 6.54 Å². The van der Waals surface area contributed by atoms with Crippen LogP contribution in [0.5, 0.6) is 0 Å². The zero-order valence-electron chi connectivity index (χ0n) is 14.1. The molecule has 2 aromatic heterocycles. The molecule has 1 N–H and O–H groups in total. The van der Waals surface area contributed by atoms with Crippen molar-refractivity contribution in [2.75, 3.05) is 5.75 Å². The number of rotatable bonds is 6. The number of non-ortho nitro benzene ring substituents is 1. The number of aryl methyl sites for hydroxylation is 1. The molecule has 11 heteroatoms. The van der Waals surface area contributed by atoms with Crippen molar-refractivity contribution >= 4 is 39.6 Å². The zero-order chi connectivity index (χ0) is 19.8. The maximum absolute atomic E-state index is 13.3. The Morgan fingerprint density at radius 1 is 1.25 bits per heavy atom. The van der Waals surface area contributed by atoms with Crippen molar-refractivity contribution in [3.63, 3.8) is 0 Å². The molecule has 0 unspecified atom stereocenters. The fourth-order valence-electron chi connectivity index (χ4n) is 2.82. The molecule has 2 heterocycles. The number of hydrogen-bond acceptors (Lipinski definition) is 6. The number of nitro benzene ring substituents is 1. The van der Waals surface area contributed by atoms with Crippen LogP contribution in [0.3, 0.4) is 0 Å². The van der Waals surface area contributed by atoms with Crippen LogP contribution in [-0.4, -0.2) is 25.2 Å². The SMILES string of the molecule is O=c1oc2ccc([N+](=O)[O-])cc2n1CCCSc1nc2cc(F)c(F)cc2[nH]1. The number of benzene rings is 2. The van der Waals surface area contributed by atoms with E-state index >= 15 is 0 Å². The van der Waals surface area contributed by atoms with Crippen molar-refractivity contribution in [2.45, 2.75) is 18.1 Å². The second-order valence-electron chi connectivity index (χ2n) is 5.96. The molecule has 0 radical (unpaired) electrons. The second-order valence-corrected chi connectivity index (χ2v) is 7.04. The lowest BCUT2D eigenvalue weighted by molar-refractivity contribution is -0.384. The molecule has 0 fully saturated rings. The number of halogens is 2.